The van der Waals surface area contributed by atoms with Crippen molar-refractivity contribution in [1.29, 1.82) is 0 Å². The molecule has 2 N–H and O–H groups in total. The number of aromatic nitrogens is 3. The van der Waals surface area contributed by atoms with Crippen LogP contribution in [0.4, 0.5) is 5.69 Å². The molecule has 0 saturated heterocycles. The van der Waals surface area contributed by atoms with Crippen molar-refractivity contribution in [3.05, 3.63) is 66.7 Å². The summed E-state index contributed by atoms with van der Waals surface area (Å²) in [7, 11) is -3.77. The lowest BCUT2D eigenvalue weighted by atomic mass is 10.2. The van der Waals surface area contributed by atoms with Crippen LogP contribution in [0.25, 0.3) is 11.4 Å². The highest BCUT2D eigenvalue weighted by molar-refractivity contribution is 7.99. The molecule has 0 radical (unpaired) electrons. The number of anilines is 1. The van der Waals surface area contributed by atoms with Gasteiger partial charge in [-0.1, -0.05) is 48.2 Å². The summed E-state index contributed by atoms with van der Waals surface area (Å²) in [6.45, 7) is 4.83. The van der Waals surface area contributed by atoms with E-state index in [1.54, 1.807) is 17.0 Å². The molecule has 1 aliphatic rings. The highest BCUT2D eigenvalue weighted by Gasteiger charge is 2.26. The van der Waals surface area contributed by atoms with E-state index in [2.05, 4.69) is 16.8 Å². The van der Waals surface area contributed by atoms with Crippen molar-refractivity contribution < 1.29 is 13.2 Å². The third-order valence-corrected chi connectivity index (χ3v) is 6.82. The normalized spacial score (nSPS) is 13.3. The molecule has 0 aliphatic carbocycles. The van der Waals surface area contributed by atoms with E-state index < -0.39 is 10.0 Å². The van der Waals surface area contributed by atoms with E-state index in [0.29, 0.717) is 24.7 Å². The molecule has 160 valence electrons. The van der Waals surface area contributed by atoms with E-state index >= 15 is 0 Å². The monoisotopic (exact) mass is 455 g/mol. The first kappa shape index (κ1) is 21.3. The Morgan fingerprint density at radius 3 is 2.68 bits per heavy atom. The Bertz CT molecular complexity index is 1240. The zero-order valence-electron chi connectivity index (χ0n) is 16.6. The first-order chi connectivity index (χ1) is 14.9. The van der Waals surface area contributed by atoms with Crippen LogP contribution in [-0.2, 0) is 27.8 Å². The van der Waals surface area contributed by atoms with Gasteiger partial charge < -0.3 is 4.90 Å². The minimum atomic E-state index is -3.77. The largest absolute Gasteiger partial charge is 0.311 e. The van der Waals surface area contributed by atoms with E-state index in [9.17, 15) is 13.2 Å². The maximum atomic E-state index is 12.9. The Kier molecular flexibility index (Phi) is 5.94. The number of amides is 1. The first-order valence-corrected chi connectivity index (χ1v) is 12.1. The predicted octanol–water partition coefficient (Wildman–Crippen LogP) is 2.46. The van der Waals surface area contributed by atoms with Gasteiger partial charge in [-0.05, 0) is 30.2 Å². The number of carbonyl (C=O) groups is 1. The zero-order chi connectivity index (χ0) is 22.0. The average Bonchev–Trinajstić information content (AvgIpc) is 3.36. The molecule has 4 rings (SSSR count). The van der Waals surface area contributed by atoms with Crippen LogP contribution in [0, 0.1) is 0 Å². The lowest BCUT2D eigenvalue weighted by molar-refractivity contribution is -0.116. The van der Waals surface area contributed by atoms with Crippen LogP contribution in [0.15, 0.2) is 71.2 Å². The number of sulfonamides is 1. The first-order valence-electron chi connectivity index (χ1n) is 9.57. The van der Waals surface area contributed by atoms with E-state index in [0.717, 1.165) is 22.6 Å². The second-order valence-electron chi connectivity index (χ2n) is 6.99. The SMILES string of the molecule is C=CCn1c(SCC(=O)N2CCc3cc(S(N)(=O)=O)ccc32)nnc1-c1ccccc1. The maximum Gasteiger partial charge on any atom is 0.238 e. The molecule has 8 nitrogen and oxygen atoms in total. The van der Waals surface area contributed by atoms with Gasteiger partial charge in [0.25, 0.3) is 0 Å². The van der Waals surface area contributed by atoms with Crippen molar-refractivity contribution in [2.45, 2.75) is 23.0 Å². The summed E-state index contributed by atoms with van der Waals surface area (Å²) in [6.07, 6.45) is 2.35. The fourth-order valence-corrected chi connectivity index (χ4v) is 4.90. The number of thioether (sulfide) groups is 1. The molecule has 0 spiro atoms. The number of allylic oxidation sites excluding steroid dienone is 1. The van der Waals surface area contributed by atoms with Gasteiger partial charge in [0.15, 0.2) is 11.0 Å². The van der Waals surface area contributed by atoms with E-state index in [1.807, 2.05) is 34.9 Å². The molecule has 1 aromatic heterocycles. The highest BCUT2D eigenvalue weighted by Crippen LogP contribution is 2.31. The summed E-state index contributed by atoms with van der Waals surface area (Å²) >= 11 is 1.31. The molecule has 2 heterocycles. The Hall–Kier alpha value is -2.95. The molecule has 0 saturated carbocycles. The minimum absolute atomic E-state index is 0.0564. The topological polar surface area (TPSA) is 111 Å². The molecule has 2 aromatic carbocycles. The molecule has 10 heteroatoms. The summed E-state index contributed by atoms with van der Waals surface area (Å²) in [5.74, 6) is 0.819. The van der Waals surface area contributed by atoms with Crippen LogP contribution in [-0.4, -0.2) is 41.4 Å². The van der Waals surface area contributed by atoms with Crippen LogP contribution < -0.4 is 10.0 Å². The molecule has 1 aliphatic heterocycles. The molecule has 0 bridgehead atoms. The Labute approximate surface area is 184 Å². The van der Waals surface area contributed by atoms with Crippen molar-refractivity contribution in [3.63, 3.8) is 0 Å². The average molecular weight is 456 g/mol. The van der Waals surface area contributed by atoms with Crippen molar-refractivity contribution >= 4 is 33.4 Å². The number of carbonyl (C=O) groups excluding carboxylic acids is 1. The van der Waals surface area contributed by atoms with Crippen molar-refractivity contribution in [1.82, 2.24) is 14.8 Å². The quantitative estimate of drug-likeness (QED) is 0.433. The number of fused-ring (bicyclic) bond motifs is 1. The number of hydrogen-bond donors (Lipinski definition) is 1. The van der Waals surface area contributed by atoms with Crippen molar-refractivity contribution in [2.75, 3.05) is 17.2 Å². The van der Waals surface area contributed by atoms with Crippen LogP contribution >= 0.6 is 11.8 Å². The van der Waals surface area contributed by atoms with Gasteiger partial charge in [0, 0.05) is 24.3 Å². The predicted molar refractivity (Wildman–Crippen MR) is 120 cm³/mol. The van der Waals surface area contributed by atoms with Crippen LogP contribution in [0.3, 0.4) is 0 Å². The maximum absolute atomic E-state index is 12.9. The second-order valence-corrected chi connectivity index (χ2v) is 9.49. The highest BCUT2D eigenvalue weighted by atomic mass is 32.2. The van der Waals surface area contributed by atoms with E-state index in [4.69, 9.17) is 5.14 Å². The van der Waals surface area contributed by atoms with E-state index in [-0.39, 0.29) is 16.6 Å². The Balaban J connectivity index is 1.51. The fourth-order valence-electron chi connectivity index (χ4n) is 3.51. The molecule has 0 atom stereocenters. The molecular weight excluding hydrogens is 434 g/mol. The van der Waals surface area contributed by atoms with Gasteiger partial charge >= 0.3 is 0 Å². The van der Waals surface area contributed by atoms with Gasteiger partial charge in [0.1, 0.15) is 0 Å². The van der Waals surface area contributed by atoms with Gasteiger partial charge in [-0.2, -0.15) is 0 Å². The number of primary sulfonamides is 1. The molecule has 31 heavy (non-hydrogen) atoms. The molecule has 0 fully saturated rings. The van der Waals surface area contributed by atoms with Gasteiger partial charge in [0.05, 0.1) is 10.6 Å². The number of nitrogens with two attached hydrogens (primary N) is 1. The number of benzene rings is 2. The van der Waals surface area contributed by atoms with Crippen molar-refractivity contribution in [3.8, 4) is 11.4 Å². The molecular formula is C21H21N5O3S2. The van der Waals surface area contributed by atoms with Gasteiger partial charge in [0.2, 0.25) is 15.9 Å². The van der Waals surface area contributed by atoms with Gasteiger partial charge in [-0.3, -0.25) is 9.36 Å². The minimum Gasteiger partial charge on any atom is -0.311 e. The van der Waals surface area contributed by atoms with Crippen molar-refractivity contribution in [2.24, 2.45) is 5.14 Å². The van der Waals surface area contributed by atoms with Gasteiger partial charge in [-0.15, -0.1) is 16.8 Å². The summed E-state index contributed by atoms with van der Waals surface area (Å²) in [4.78, 5) is 14.6. The lowest BCUT2D eigenvalue weighted by Gasteiger charge is -2.17. The van der Waals surface area contributed by atoms with Crippen LogP contribution in [0.1, 0.15) is 5.56 Å². The number of nitrogens with zero attached hydrogens (tertiary/aromatic N) is 4. The Morgan fingerprint density at radius 1 is 1.19 bits per heavy atom. The summed E-state index contributed by atoms with van der Waals surface area (Å²) in [6, 6.07) is 14.3. The second kappa shape index (κ2) is 8.66. The standard InChI is InChI=1S/C21H21N5O3S2/c1-2-11-26-20(15-6-4-3-5-7-15)23-24-21(26)30-14-19(27)25-12-10-16-13-17(31(22,28)29)8-9-18(16)25/h2-9,13H,1,10-12,14H2,(H2,22,28,29). The van der Waals surface area contributed by atoms with Gasteiger partial charge in [-0.25, -0.2) is 13.6 Å². The number of hydrogen-bond acceptors (Lipinski definition) is 6. The summed E-state index contributed by atoms with van der Waals surface area (Å²) in [5, 5.41) is 14.4. The molecule has 1 amide bonds. The van der Waals surface area contributed by atoms with Crippen LogP contribution in [0.5, 0.6) is 0 Å². The lowest BCUT2D eigenvalue weighted by Crippen LogP contribution is -2.30. The third-order valence-electron chi connectivity index (χ3n) is 4.96. The molecule has 0 unspecified atom stereocenters. The summed E-state index contributed by atoms with van der Waals surface area (Å²) < 4.78 is 25.1. The smallest absolute Gasteiger partial charge is 0.238 e. The molecule has 3 aromatic rings. The number of rotatable bonds is 7. The van der Waals surface area contributed by atoms with E-state index in [1.165, 1.54) is 23.9 Å². The van der Waals surface area contributed by atoms with Crippen LogP contribution in [0.2, 0.25) is 0 Å². The fraction of sp³-hybridized carbons (Fsp3) is 0.190. The Morgan fingerprint density at radius 2 is 1.97 bits per heavy atom. The zero-order valence-corrected chi connectivity index (χ0v) is 18.3. The summed E-state index contributed by atoms with van der Waals surface area (Å²) in [5.41, 5.74) is 2.45. The third kappa shape index (κ3) is 4.41.